The summed E-state index contributed by atoms with van der Waals surface area (Å²) in [6, 6.07) is 7.24. The normalized spacial score (nSPS) is 11.0. The van der Waals surface area contributed by atoms with Gasteiger partial charge >= 0.3 is 0 Å². The van der Waals surface area contributed by atoms with Gasteiger partial charge in [-0.25, -0.2) is 10.1 Å². The predicted octanol–water partition coefficient (Wildman–Crippen LogP) is 2.28. The van der Waals surface area contributed by atoms with Gasteiger partial charge in [0.2, 0.25) is 0 Å². The Morgan fingerprint density at radius 1 is 1.22 bits per heavy atom. The second-order valence-electron chi connectivity index (χ2n) is 3.95. The van der Waals surface area contributed by atoms with E-state index in [1.165, 1.54) is 0 Å². The lowest BCUT2D eigenvalue weighted by Gasteiger charge is -1.95. The third kappa shape index (κ3) is 1.69. The molecule has 18 heavy (non-hydrogen) atoms. The number of rotatable bonds is 1. The number of nitrogens with one attached hydrogen (secondary N) is 2. The maximum atomic E-state index is 11.6. The Hall–Kier alpha value is -2.14. The van der Waals surface area contributed by atoms with Gasteiger partial charge < -0.3 is 4.98 Å². The molecule has 2 N–H and O–H groups in total. The van der Waals surface area contributed by atoms with Gasteiger partial charge in [-0.1, -0.05) is 11.6 Å². The van der Waals surface area contributed by atoms with Crippen molar-refractivity contribution in [2.45, 2.75) is 6.92 Å². The van der Waals surface area contributed by atoms with E-state index in [-0.39, 0.29) is 5.56 Å². The number of hydrogen-bond donors (Lipinski definition) is 2. The summed E-state index contributed by atoms with van der Waals surface area (Å²) in [5.74, 6) is 0.628. The molecule has 0 bridgehead atoms. The van der Waals surface area contributed by atoms with Crippen LogP contribution < -0.4 is 5.56 Å². The van der Waals surface area contributed by atoms with E-state index in [9.17, 15) is 4.79 Å². The molecule has 0 saturated carbocycles. The molecule has 0 unspecified atom stereocenters. The zero-order valence-corrected chi connectivity index (χ0v) is 10.2. The van der Waals surface area contributed by atoms with E-state index in [1.54, 1.807) is 19.1 Å². The summed E-state index contributed by atoms with van der Waals surface area (Å²) in [5.41, 5.74) is 2.30. The molecule has 0 radical (unpaired) electrons. The number of nitrogens with zero attached hydrogens (tertiary/aromatic N) is 2. The van der Waals surface area contributed by atoms with Crippen molar-refractivity contribution in [1.82, 2.24) is 20.2 Å². The van der Waals surface area contributed by atoms with Gasteiger partial charge in [-0.2, -0.15) is 5.10 Å². The number of imidazole rings is 1. The van der Waals surface area contributed by atoms with E-state index in [0.717, 1.165) is 5.56 Å². The van der Waals surface area contributed by atoms with Crippen LogP contribution in [0.2, 0.25) is 5.02 Å². The van der Waals surface area contributed by atoms with Gasteiger partial charge in [0.1, 0.15) is 16.9 Å². The van der Waals surface area contributed by atoms with Gasteiger partial charge in [0.25, 0.3) is 5.56 Å². The average Bonchev–Trinajstić information content (AvgIpc) is 2.81. The zero-order valence-electron chi connectivity index (χ0n) is 9.49. The van der Waals surface area contributed by atoms with Crippen LogP contribution in [0, 0.1) is 6.92 Å². The maximum Gasteiger partial charge on any atom is 0.290 e. The first-order valence-corrected chi connectivity index (χ1v) is 5.74. The number of hydrogen-bond acceptors (Lipinski definition) is 3. The zero-order chi connectivity index (χ0) is 12.7. The summed E-state index contributed by atoms with van der Waals surface area (Å²) in [4.78, 5) is 19.0. The molecule has 0 fully saturated rings. The highest BCUT2D eigenvalue weighted by Crippen LogP contribution is 2.21. The van der Waals surface area contributed by atoms with Gasteiger partial charge in [-0.05, 0) is 31.2 Å². The van der Waals surface area contributed by atoms with Gasteiger partial charge in [0.15, 0.2) is 0 Å². The first kappa shape index (κ1) is 11.0. The third-order valence-electron chi connectivity index (χ3n) is 2.72. The molecular weight excluding hydrogens is 252 g/mol. The molecule has 3 rings (SSSR count). The number of benzene rings is 1. The van der Waals surface area contributed by atoms with E-state index in [2.05, 4.69) is 20.2 Å². The smallest absolute Gasteiger partial charge is 0.290 e. The summed E-state index contributed by atoms with van der Waals surface area (Å²) < 4.78 is 0. The molecule has 0 spiro atoms. The Morgan fingerprint density at radius 3 is 2.61 bits per heavy atom. The topological polar surface area (TPSA) is 74.4 Å². The van der Waals surface area contributed by atoms with Gasteiger partial charge in [0.05, 0.1) is 5.69 Å². The van der Waals surface area contributed by atoms with E-state index < -0.39 is 0 Å². The number of aromatic amines is 2. The first-order chi connectivity index (χ1) is 8.65. The van der Waals surface area contributed by atoms with Crippen LogP contribution >= 0.6 is 11.6 Å². The first-order valence-electron chi connectivity index (χ1n) is 5.36. The molecule has 6 heteroatoms. The van der Waals surface area contributed by atoms with Crippen LogP contribution in [-0.2, 0) is 0 Å². The molecule has 2 heterocycles. The minimum atomic E-state index is -0.275. The second kappa shape index (κ2) is 3.96. The standard InChI is InChI=1S/C12H9ClN4O/c1-6-9-10(12(18)17-16-6)15-11(14-9)7-2-4-8(13)5-3-7/h2-5H,1H3,(H,14,15)(H,17,18). The number of aryl methyl sites for hydroxylation is 1. The van der Waals surface area contributed by atoms with Crippen LogP contribution in [0.3, 0.4) is 0 Å². The lowest BCUT2D eigenvalue weighted by molar-refractivity contribution is 0.965. The second-order valence-corrected chi connectivity index (χ2v) is 4.39. The van der Waals surface area contributed by atoms with E-state index in [4.69, 9.17) is 11.6 Å². The Kier molecular flexibility index (Phi) is 2.41. The Balaban J connectivity index is 2.25. The largest absolute Gasteiger partial charge is 0.333 e. The van der Waals surface area contributed by atoms with E-state index in [0.29, 0.717) is 27.6 Å². The lowest BCUT2D eigenvalue weighted by atomic mass is 10.2. The lowest BCUT2D eigenvalue weighted by Crippen LogP contribution is -2.09. The van der Waals surface area contributed by atoms with E-state index in [1.807, 2.05) is 12.1 Å². The number of fused-ring (bicyclic) bond motifs is 1. The molecule has 3 aromatic rings. The minimum absolute atomic E-state index is 0.275. The summed E-state index contributed by atoms with van der Waals surface area (Å²) in [7, 11) is 0. The molecule has 5 nitrogen and oxygen atoms in total. The average molecular weight is 261 g/mol. The van der Waals surface area contributed by atoms with Crippen molar-refractivity contribution < 1.29 is 0 Å². The quantitative estimate of drug-likeness (QED) is 0.705. The molecule has 90 valence electrons. The fraction of sp³-hybridized carbons (Fsp3) is 0.0833. The number of aromatic nitrogens is 4. The molecule has 0 aliphatic rings. The predicted molar refractivity (Wildman–Crippen MR) is 69.7 cm³/mol. The Bertz CT molecular complexity index is 773. The molecule has 0 atom stereocenters. The highest BCUT2D eigenvalue weighted by atomic mass is 35.5. The third-order valence-corrected chi connectivity index (χ3v) is 2.97. The minimum Gasteiger partial charge on any atom is -0.333 e. The number of halogens is 1. The molecular formula is C12H9ClN4O. The van der Waals surface area contributed by atoms with Gasteiger partial charge in [-0.3, -0.25) is 4.79 Å². The van der Waals surface area contributed by atoms with Gasteiger partial charge in [-0.15, -0.1) is 0 Å². The Morgan fingerprint density at radius 2 is 1.94 bits per heavy atom. The van der Waals surface area contributed by atoms with Gasteiger partial charge in [0, 0.05) is 10.6 Å². The van der Waals surface area contributed by atoms with Crippen LogP contribution in [0.5, 0.6) is 0 Å². The molecule has 0 amide bonds. The molecule has 0 saturated heterocycles. The molecule has 0 aliphatic heterocycles. The number of H-pyrrole nitrogens is 2. The van der Waals surface area contributed by atoms with Crippen molar-refractivity contribution >= 4 is 22.6 Å². The fourth-order valence-corrected chi connectivity index (χ4v) is 1.91. The van der Waals surface area contributed by atoms with Crippen molar-refractivity contribution in [3.63, 3.8) is 0 Å². The monoisotopic (exact) mass is 260 g/mol. The summed E-state index contributed by atoms with van der Waals surface area (Å²) in [5, 5.41) is 6.96. The van der Waals surface area contributed by atoms with Crippen molar-refractivity contribution in [3.8, 4) is 11.4 Å². The Labute approximate surface area is 107 Å². The van der Waals surface area contributed by atoms with Crippen molar-refractivity contribution in [1.29, 1.82) is 0 Å². The van der Waals surface area contributed by atoms with Crippen LogP contribution in [0.15, 0.2) is 29.1 Å². The molecule has 0 aliphatic carbocycles. The SMILES string of the molecule is Cc1n[nH]c(=O)c2[nH]c(-c3ccc(Cl)cc3)nc12. The maximum absolute atomic E-state index is 11.6. The van der Waals surface area contributed by atoms with Crippen LogP contribution in [0.4, 0.5) is 0 Å². The highest BCUT2D eigenvalue weighted by Gasteiger charge is 2.10. The van der Waals surface area contributed by atoms with Crippen molar-refractivity contribution in [2.24, 2.45) is 0 Å². The van der Waals surface area contributed by atoms with Crippen LogP contribution in [0.1, 0.15) is 5.69 Å². The van der Waals surface area contributed by atoms with Crippen LogP contribution in [0.25, 0.3) is 22.4 Å². The summed E-state index contributed by atoms with van der Waals surface area (Å²) in [6.45, 7) is 1.80. The van der Waals surface area contributed by atoms with Crippen molar-refractivity contribution in [2.75, 3.05) is 0 Å². The summed E-state index contributed by atoms with van der Waals surface area (Å²) >= 11 is 5.83. The highest BCUT2D eigenvalue weighted by molar-refractivity contribution is 6.30. The molecule has 1 aromatic carbocycles. The molecule has 2 aromatic heterocycles. The van der Waals surface area contributed by atoms with Crippen LogP contribution in [-0.4, -0.2) is 20.2 Å². The van der Waals surface area contributed by atoms with E-state index >= 15 is 0 Å². The summed E-state index contributed by atoms with van der Waals surface area (Å²) in [6.07, 6.45) is 0. The van der Waals surface area contributed by atoms with Crippen molar-refractivity contribution in [3.05, 3.63) is 45.3 Å². The fourth-order valence-electron chi connectivity index (χ4n) is 1.79.